The number of hydrazone groups is 1. The zero-order chi connectivity index (χ0) is 23.1. The first-order valence-corrected chi connectivity index (χ1v) is 11.1. The molecule has 0 radical (unpaired) electrons. The number of halogens is 1. The van der Waals surface area contributed by atoms with Gasteiger partial charge in [0.15, 0.2) is 5.11 Å². The lowest BCUT2D eigenvalue weighted by Crippen LogP contribution is -2.50. The maximum Gasteiger partial charge on any atom is 0.188 e. The fraction of sp³-hybridized carbons (Fsp3) is 0.0370. The van der Waals surface area contributed by atoms with Gasteiger partial charge in [0.1, 0.15) is 11.3 Å². The molecule has 0 amide bonds. The van der Waals surface area contributed by atoms with Crippen molar-refractivity contribution in [2.24, 2.45) is 5.10 Å². The van der Waals surface area contributed by atoms with Gasteiger partial charge < -0.3 is 10.4 Å². The van der Waals surface area contributed by atoms with Crippen LogP contribution in [-0.2, 0) is 5.54 Å². The average molecular weight is 472 g/mol. The highest BCUT2D eigenvalue weighted by atomic mass is 35.5. The molecule has 0 spiro atoms. The molecule has 33 heavy (non-hydrogen) atoms. The summed E-state index contributed by atoms with van der Waals surface area (Å²) in [6.45, 7) is 0. The van der Waals surface area contributed by atoms with Crippen molar-refractivity contribution >= 4 is 35.1 Å². The Morgan fingerprint density at radius 3 is 1.76 bits per heavy atom. The summed E-state index contributed by atoms with van der Waals surface area (Å²) in [4.78, 5) is 0. The molecule has 0 saturated carbocycles. The fourth-order valence-corrected chi connectivity index (χ4v) is 4.15. The van der Waals surface area contributed by atoms with E-state index in [4.69, 9.17) is 23.8 Å². The number of rotatable bonds is 6. The molecule has 0 aliphatic carbocycles. The second kappa shape index (κ2) is 10.3. The minimum atomic E-state index is -0.748. The lowest BCUT2D eigenvalue weighted by Gasteiger charge is -2.37. The van der Waals surface area contributed by atoms with Gasteiger partial charge in [0, 0.05) is 10.6 Å². The van der Waals surface area contributed by atoms with Crippen LogP contribution in [0.15, 0.2) is 114 Å². The van der Waals surface area contributed by atoms with Gasteiger partial charge in [-0.2, -0.15) is 5.10 Å². The maximum atomic E-state index is 10.0. The number of nitrogens with zero attached hydrogens (tertiary/aromatic N) is 1. The van der Waals surface area contributed by atoms with Crippen LogP contribution in [0.1, 0.15) is 22.3 Å². The van der Waals surface area contributed by atoms with Crippen LogP contribution in [0.25, 0.3) is 0 Å². The Hall–Kier alpha value is -3.67. The van der Waals surface area contributed by atoms with Gasteiger partial charge >= 0.3 is 0 Å². The monoisotopic (exact) mass is 471 g/mol. The van der Waals surface area contributed by atoms with Crippen molar-refractivity contribution in [2.45, 2.75) is 5.54 Å². The first kappa shape index (κ1) is 22.5. The van der Waals surface area contributed by atoms with Crippen molar-refractivity contribution in [3.8, 4) is 5.75 Å². The third-order valence-corrected chi connectivity index (χ3v) is 5.71. The molecule has 4 aromatic carbocycles. The molecular weight excluding hydrogens is 450 g/mol. The van der Waals surface area contributed by atoms with Crippen molar-refractivity contribution in [2.75, 3.05) is 0 Å². The molecule has 0 aromatic heterocycles. The predicted octanol–water partition coefficient (Wildman–Crippen LogP) is 5.84. The first-order valence-electron chi connectivity index (χ1n) is 10.4. The molecule has 0 atom stereocenters. The van der Waals surface area contributed by atoms with Gasteiger partial charge in [-0.15, -0.1) is 0 Å². The van der Waals surface area contributed by atoms with Gasteiger partial charge in [0.05, 0.1) is 6.21 Å². The number of phenolic OH excluding ortho intramolecular Hbond substituents is 1. The van der Waals surface area contributed by atoms with E-state index in [-0.39, 0.29) is 5.75 Å². The van der Waals surface area contributed by atoms with Crippen LogP contribution in [0, 0.1) is 0 Å². The molecule has 3 N–H and O–H groups in total. The molecule has 0 heterocycles. The second-order valence-electron chi connectivity index (χ2n) is 7.38. The molecule has 4 nitrogen and oxygen atoms in total. The van der Waals surface area contributed by atoms with Crippen LogP contribution in [0.4, 0.5) is 0 Å². The van der Waals surface area contributed by atoms with Crippen molar-refractivity contribution in [3.05, 3.63) is 136 Å². The van der Waals surface area contributed by atoms with Crippen LogP contribution >= 0.6 is 23.8 Å². The third-order valence-electron chi connectivity index (χ3n) is 5.28. The lowest BCUT2D eigenvalue weighted by atomic mass is 9.77. The van der Waals surface area contributed by atoms with Gasteiger partial charge in [-0.25, -0.2) is 0 Å². The molecule has 0 bridgehead atoms. The van der Waals surface area contributed by atoms with Crippen LogP contribution in [0.3, 0.4) is 0 Å². The van der Waals surface area contributed by atoms with E-state index in [1.54, 1.807) is 12.1 Å². The number of benzene rings is 4. The Bertz CT molecular complexity index is 1150. The molecule has 0 aliphatic rings. The standard InChI is InChI=1S/C27H22ClN3OS/c28-24-16-17-25(32)20(18-24)19-29-31-26(33)30-27(21-10-4-1-5-11-21,22-12-6-2-7-13-22)23-14-8-3-9-15-23/h1-19,32H,(H2,30,31,33)/b29-19+. The maximum absolute atomic E-state index is 10.0. The molecular formula is C27H22ClN3OS. The van der Waals surface area contributed by atoms with Gasteiger partial charge in [-0.05, 0) is 47.1 Å². The number of hydrogen-bond acceptors (Lipinski definition) is 3. The largest absolute Gasteiger partial charge is 0.507 e. The normalized spacial score (nSPS) is 11.3. The van der Waals surface area contributed by atoms with Crippen molar-refractivity contribution in [3.63, 3.8) is 0 Å². The zero-order valence-electron chi connectivity index (χ0n) is 17.7. The second-order valence-corrected chi connectivity index (χ2v) is 8.22. The molecule has 0 saturated heterocycles. The lowest BCUT2D eigenvalue weighted by molar-refractivity contribution is 0.474. The summed E-state index contributed by atoms with van der Waals surface area (Å²) in [5.41, 5.74) is 5.71. The van der Waals surface area contributed by atoms with Crippen LogP contribution in [0.5, 0.6) is 5.75 Å². The van der Waals surface area contributed by atoms with Crippen LogP contribution < -0.4 is 10.7 Å². The number of phenols is 1. The number of thiocarbonyl (C=S) groups is 1. The quantitative estimate of drug-likeness (QED) is 0.143. The van der Waals surface area contributed by atoms with E-state index < -0.39 is 5.54 Å². The Labute approximate surface area is 203 Å². The van der Waals surface area contributed by atoms with Crippen molar-refractivity contribution in [1.82, 2.24) is 10.7 Å². The smallest absolute Gasteiger partial charge is 0.188 e. The summed E-state index contributed by atoms with van der Waals surface area (Å²) in [6.07, 6.45) is 1.48. The zero-order valence-corrected chi connectivity index (χ0v) is 19.2. The predicted molar refractivity (Wildman–Crippen MR) is 139 cm³/mol. The molecule has 0 unspecified atom stereocenters. The highest BCUT2D eigenvalue weighted by Gasteiger charge is 2.36. The summed E-state index contributed by atoms with van der Waals surface area (Å²) in [5.74, 6) is 0.0797. The minimum Gasteiger partial charge on any atom is -0.507 e. The van der Waals surface area contributed by atoms with E-state index in [1.165, 1.54) is 12.3 Å². The third kappa shape index (κ3) is 5.06. The summed E-state index contributed by atoms with van der Waals surface area (Å²) in [7, 11) is 0. The van der Waals surface area contributed by atoms with E-state index in [0.29, 0.717) is 15.7 Å². The van der Waals surface area contributed by atoms with E-state index in [0.717, 1.165) is 16.7 Å². The average Bonchev–Trinajstić information content (AvgIpc) is 2.86. The van der Waals surface area contributed by atoms with E-state index >= 15 is 0 Å². The van der Waals surface area contributed by atoms with Gasteiger partial charge in [-0.3, -0.25) is 5.43 Å². The van der Waals surface area contributed by atoms with E-state index in [9.17, 15) is 5.11 Å². The Morgan fingerprint density at radius 1 is 0.788 bits per heavy atom. The highest BCUT2D eigenvalue weighted by Crippen LogP contribution is 2.36. The van der Waals surface area contributed by atoms with Gasteiger partial charge in [-0.1, -0.05) is 103 Å². The molecule has 164 valence electrons. The van der Waals surface area contributed by atoms with Crippen molar-refractivity contribution < 1.29 is 5.11 Å². The summed E-state index contributed by atoms with van der Waals surface area (Å²) in [5, 5.41) is 18.6. The molecule has 6 heteroatoms. The highest BCUT2D eigenvalue weighted by molar-refractivity contribution is 7.80. The van der Waals surface area contributed by atoms with E-state index in [1.807, 2.05) is 54.6 Å². The van der Waals surface area contributed by atoms with Crippen LogP contribution in [0.2, 0.25) is 5.02 Å². The summed E-state index contributed by atoms with van der Waals surface area (Å²) in [6, 6.07) is 35.2. The minimum absolute atomic E-state index is 0.0797. The first-order chi connectivity index (χ1) is 16.1. The number of aromatic hydroxyl groups is 1. The molecule has 0 aliphatic heterocycles. The molecule has 4 rings (SSSR count). The van der Waals surface area contributed by atoms with Crippen molar-refractivity contribution in [1.29, 1.82) is 0 Å². The summed E-state index contributed by atoms with van der Waals surface area (Å²) < 4.78 is 0. The van der Waals surface area contributed by atoms with Gasteiger partial charge in [0.25, 0.3) is 0 Å². The molecule has 4 aromatic rings. The SMILES string of the molecule is Oc1ccc(Cl)cc1/C=N/NC(=S)NC(c1ccccc1)(c1ccccc1)c1ccccc1. The van der Waals surface area contributed by atoms with E-state index in [2.05, 4.69) is 52.2 Å². The Kier molecular flexibility index (Phi) is 7.03. The fourth-order valence-electron chi connectivity index (χ4n) is 3.77. The number of hydrogen-bond donors (Lipinski definition) is 3. The van der Waals surface area contributed by atoms with Gasteiger partial charge in [0.2, 0.25) is 0 Å². The topological polar surface area (TPSA) is 56.7 Å². The Morgan fingerprint density at radius 2 is 1.27 bits per heavy atom. The van der Waals surface area contributed by atoms with Crippen LogP contribution in [-0.4, -0.2) is 16.4 Å². The molecule has 0 fully saturated rings. The Balaban J connectivity index is 1.72. The summed E-state index contributed by atoms with van der Waals surface area (Å²) >= 11 is 11.7. The number of nitrogens with one attached hydrogen (secondary N) is 2.